The first kappa shape index (κ1) is 54.2. The van der Waals surface area contributed by atoms with Gasteiger partial charge in [0, 0.05) is 58.5 Å². The van der Waals surface area contributed by atoms with Crippen molar-refractivity contribution in [2.24, 2.45) is 35.5 Å². The van der Waals surface area contributed by atoms with Gasteiger partial charge in [0.15, 0.2) is 5.78 Å². The molecule has 1 saturated carbocycles. The average Bonchev–Trinajstić information content (AvgIpc) is 3.28. The highest BCUT2D eigenvalue weighted by Crippen LogP contribution is 2.38. The zero-order valence-corrected chi connectivity index (χ0v) is 40.6. The standard InChI is InChI=1S/C51H79NO13/c1-30-16-12-11-13-17-31(2)42(61-8)28-38-21-19-36(7)51(60,65-38)48(57)49(58)52-23-15-14-18-39(52)50(59)64-43(33(4)26-37-20-22-40(53)44(27-37)62-9)29-41(54)32(3)25-35(6)46(56)47(63-10)45(55)34(5)24-30/h11-13,16-17,25,30,32-34,36-40,42-44,46-47,53,56,60H,14-15,18-24,26-29H2,1-10H3/b13-11+,16-12-,31-17+,35-25+. The van der Waals surface area contributed by atoms with Gasteiger partial charge in [0.2, 0.25) is 5.79 Å². The third kappa shape index (κ3) is 14.3. The minimum atomic E-state index is -2.43. The lowest BCUT2D eigenvalue weighted by Gasteiger charge is -2.42. The van der Waals surface area contributed by atoms with Crippen molar-refractivity contribution >= 4 is 29.2 Å². The summed E-state index contributed by atoms with van der Waals surface area (Å²) >= 11 is 0. The van der Waals surface area contributed by atoms with Gasteiger partial charge in [-0.15, -0.1) is 0 Å². The van der Waals surface area contributed by atoms with Gasteiger partial charge in [-0.25, -0.2) is 4.79 Å². The lowest BCUT2D eigenvalue weighted by atomic mass is 9.78. The predicted octanol–water partition coefficient (Wildman–Crippen LogP) is 6.18. The Morgan fingerprint density at radius 1 is 0.846 bits per heavy atom. The van der Waals surface area contributed by atoms with Gasteiger partial charge in [-0.05, 0) is 107 Å². The first-order valence-corrected chi connectivity index (χ1v) is 23.9. The van der Waals surface area contributed by atoms with Crippen molar-refractivity contribution in [1.29, 1.82) is 0 Å². The van der Waals surface area contributed by atoms with Crippen LogP contribution in [0.15, 0.2) is 47.6 Å². The summed E-state index contributed by atoms with van der Waals surface area (Å²) in [6.07, 6.45) is 11.2. The molecule has 3 fully saturated rings. The quantitative estimate of drug-likeness (QED) is 0.156. The number of esters is 1. The molecule has 3 N–H and O–H groups in total. The maximum Gasteiger partial charge on any atom is 0.329 e. The summed E-state index contributed by atoms with van der Waals surface area (Å²) in [6.45, 7) is 12.7. The molecule has 1 aliphatic carbocycles. The maximum absolute atomic E-state index is 14.4. The summed E-state index contributed by atoms with van der Waals surface area (Å²) in [7, 11) is 4.52. The van der Waals surface area contributed by atoms with Crippen molar-refractivity contribution in [2.75, 3.05) is 27.9 Å². The van der Waals surface area contributed by atoms with Gasteiger partial charge >= 0.3 is 5.97 Å². The van der Waals surface area contributed by atoms with Crippen LogP contribution >= 0.6 is 0 Å². The summed E-state index contributed by atoms with van der Waals surface area (Å²) < 4.78 is 29.4. The molecule has 15 atom stereocenters. The number of Topliss-reactive ketones (excluding diaryl/α,β-unsaturated/α-hetero) is 3. The molecule has 65 heavy (non-hydrogen) atoms. The van der Waals surface area contributed by atoms with Crippen LogP contribution in [-0.4, -0.2) is 132 Å². The minimum absolute atomic E-state index is 0.0193. The molecule has 0 radical (unpaired) electrons. The van der Waals surface area contributed by atoms with Crippen LogP contribution in [-0.2, 0) is 47.7 Å². The maximum atomic E-state index is 14.4. The number of fused-ring (bicyclic) bond motifs is 3. The number of hydrogen-bond acceptors (Lipinski definition) is 13. The van der Waals surface area contributed by atoms with Crippen LogP contribution in [0.2, 0.25) is 0 Å². The number of carbonyl (C=O) groups excluding carboxylic acids is 5. The Kier molecular flexibility index (Phi) is 21.0. The second-order valence-corrected chi connectivity index (χ2v) is 19.6. The summed E-state index contributed by atoms with van der Waals surface area (Å²) in [5.74, 6) is -7.96. The number of methoxy groups -OCH3 is 3. The molecule has 14 heteroatoms. The second-order valence-electron chi connectivity index (χ2n) is 19.6. The van der Waals surface area contributed by atoms with Gasteiger partial charge in [-0.2, -0.15) is 0 Å². The molecule has 14 nitrogen and oxygen atoms in total. The smallest absolute Gasteiger partial charge is 0.329 e. The first-order valence-electron chi connectivity index (χ1n) is 23.9. The zero-order valence-electron chi connectivity index (χ0n) is 40.6. The number of ketones is 3. The van der Waals surface area contributed by atoms with Crippen molar-refractivity contribution in [3.63, 3.8) is 0 Å². The van der Waals surface area contributed by atoms with E-state index in [4.69, 9.17) is 23.7 Å². The largest absolute Gasteiger partial charge is 0.460 e. The van der Waals surface area contributed by atoms with E-state index in [0.717, 1.165) is 12.0 Å². The fourth-order valence-electron chi connectivity index (χ4n) is 10.1. The third-order valence-electron chi connectivity index (χ3n) is 14.5. The molecular weight excluding hydrogens is 835 g/mol. The highest BCUT2D eigenvalue weighted by molar-refractivity contribution is 6.39. The van der Waals surface area contributed by atoms with Gasteiger partial charge < -0.3 is 43.9 Å². The number of hydrogen-bond donors (Lipinski definition) is 3. The van der Waals surface area contributed by atoms with Crippen LogP contribution < -0.4 is 0 Å². The first-order chi connectivity index (χ1) is 30.7. The Bertz CT molecular complexity index is 1760. The van der Waals surface area contributed by atoms with E-state index in [9.17, 15) is 39.3 Å². The molecule has 15 unspecified atom stereocenters. The second kappa shape index (κ2) is 25.1. The van der Waals surface area contributed by atoms with Gasteiger partial charge in [-0.1, -0.05) is 71.1 Å². The molecule has 1 amide bonds. The van der Waals surface area contributed by atoms with Crippen LogP contribution in [0.25, 0.3) is 0 Å². The Labute approximate surface area is 387 Å². The van der Waals surface area contributed by atoms with E-state index in [1.165, 1.54) is 12.0 Å². The number of aliphatic hydroxyl groups is 3. The number of allylic oxidation sites excluding steroid dienone is 6. The minimum Gasteiger partial charge on any atom is -0.460 e. The fraction of sp³-hybridized carbons (Fsp3) is 0.745. The number of ether oxygens (including phenoxy) is 5. The number of piperidine rings is 1. The number of aliphatic hydroxyl groups excluding tert-OH is 2. The van der Waals surface area contributed by atoms with E-state index < -0.39 is 83.9 Å². The lowest BCUT2D eigenvalue weighted by molar-refractivity contribution is -0.265. The number of cyclic esters (lactones) is 1. The van der Waals surface area contributed by atoms with E-state index in [-0.39, 0.29) is 54.8 Å². The molecule has 0 spiro atoms. The van der Waals surface area contributed by atoms with Gasteiger partial charge in [-0.3, -0.25) is 19.2 Å². The van der Waals surface area contributed by atoms with Crippen molar-refractivity contribution in [3.05, 3.63) is 47.6 Å². The van der Waals surface area contributed by atoms with Crippen molar-refractivity contribution in [2.45, 2.75) is 180 Å². The number of rotatable bonds is 6. The Morgan fingerprint density at radius 2 is 1.57 bits per heavy atom. The van der Waals surface area contributed by atoms with E-state index in [2.05, 4.69) is 0 Å². The molecule has 3 heterocycles. The molecule has 0 aromatic carbocycles. The topological polar surface area (TPSA) is 195 Å². The number of carbonyl (C=O) groups is 5. The van der Waals surface area contributed by atoms with E-state index in [0.29, 0.717) is 63.4 Å². The van der Waals surface area contributed by atoms with Gasteiger partial charge in [0.1, 0.15) is 30.1 Å². The summed E-state index contributed by atoms with van der Waals surface area (Å²) in [4.78, 5) is 71.8. The predicted molar refractivity (Wildman–Crippen MR) is 245 cm³/mol. The fourth-order valence-corrected chi connectivity index (χ4v) is 10.1. The molecule has 3 aliphatic heterocycles. The highest BCUT2D eigenvalue weighted by atomic mass is 16.6. The van der Waals surface area contributed by atoms with E-state index in [1.807, 2.05) is 58.1 Å². The molecule has 4 aliphatic rings. The molecule has 4 rings (SSSR count). The average molecular weight is 914 g/mol. The Hall–Kier alpha value is -3.37. The molecule has 0 aromatic heterocycles. The molecule has 2 saturated heterocycles. The zero-order chi connectivity index (χ0) is 48.2. The summed E-state index contributed by atoms with van der Waals surface area (Å²) in [5.41, 5.74) is 1.27. The van der Waals surface area contributed by atoms with E-state index in [1.54, 1.807) is 41.1 Å². The summed E-state index contributed by atoms with van der Waals surface area (Å²) in [5, 5.41) is 33.8. The molecule has 366 valence electrons. The lowest BCUT2D eigenvalue weighted by Crippen LogP contribution is -2.61. The van der Waals surface area contributed by atoms with Gasteiger partial charge in [0.25, 0.3) is 11.7 Å². The van der Waals surface area contributed by atoms with Crippen molar-refractivity contribution < 1.29 is 63.0 Å². The monoisotopic (exact) mass is 914 g/mol. The molecule has 0 aromatic rings. The van der Waals surface area contributed by atoms with Gasteiger partial charge in [0.05, 0.1) is 24.4 Å². The van der Waals surface area contributed by atoms with Crippen molar-refractivity contribution in [1.82, 2.24) is 4.90 Å². The van der Waals surface area contributed by atoms with Crippen LogP contribution in [0.4, 0.5) is 0 Å². The summed E-state index contributed by atoms with van der Waals surface area (Å²) in [6, 6.07) is -1.14. The van der Waals surface area contributed by atoms with Crippen LogP contribution in [0, 0.1) is 35.5 Å². The molecular formula is C51H79NO13. The Morgan fingerprint density at radius 3 is 2.25 bits per heavy atom. The van der Waals surface area contributed by atoms with Crippen LogP contribution in [0.1, 0.15) is 126 Å². The van der Waals surface area contributed by atoms with Crippen LogP contribution in [0.3, 0.4) is 0 Å². The third-order valence-corrected chi connectivity index (χ3v) is 14.5. The number of nitrogens with zero attached hydrogens (tertiary/aromatic N) is 1. The SMILES string of the molecule is COC1CC2CCC(C)C(O)(O2)C(=O)C(=O)N2CCCCC2C(=O)OC(C(C)CC2CCC(O)C(OC)C2)CC(=O)C(C)/C=C(\C)C(O)C(OC)C(=O)C(C)CC(C)\C=C/C=C/C=C/1C. The highest BCUT2D eigenvalue weighted by Gasteiger charge is 2.53. The Balaban J connectivity index is 1.70. The van der Waals surface area contributed by atoms with Crippen molar-refractivity contribution in [3.8, 4) is 0 Å². The number of amides is 1. The van der Waals surface area contributed by atoms with Crippen LogP contribution in [0.5, 0.6) is 0 Å². The van der Waals surface area contributed by atoms with E-state index >= 15 is 0 Å². The normalized spacial score (nSPS) is 40.4. The molecule has 2 bridgehead atoms.